The molecule has 0 bridgehead atoms. The molecular weight excluding hydrogens is 409 g/mol. The van der Waals surface area contributed by atoms with E-state index in [0.29, 0.717) is 30.2 Å². The van der Waals surface area contributed by atoms with Crippen molar-refractivity contribution >= 4 is 17.4 Å². The molecule has 1 fully saturated rings. The van der Waals surface area contributed by atoms with Gasteiger partial charge in [-0.25, -0.2) is 4.79 Å². The lowest BCUT2D eigenvalue weighted by molar-refractivity contribution is -0.137. The van der Waals surface area contributed by atoms with Gasteiger partial charge >= 0.3 is 12.2 Å². The molecule has 0 aromatic heterocycles. The number of nitriles is 1. The summed E-state index contributed by atoms with van der Waals surface area (Å²) in [5, 5.41) is 11.8. The zero-order valence-corrected chi connectivity index (χ0v) is 17.4. The third kappa shape index (κ3) is 4.85. The number of hydrogen-bond donors (Lipinski definition) is 1. The quantitative estimate of drug-likeness (QED) is 0.762. The van der Waals surface area contributed by atoms with Gasteiger partial charge in [0.1, 0.15) is 5.75 Å². The number of nitrogens with one attached hydrogen (secondary N) is 1. The number of ether oxygens (including phenoxy) is 1. The van der Waals surface area contributed by atoms with E-state index >= 15 is 0 Å². The third-order valence-corrected chi connectivity index (χ3v) is 5.35. The summed E-state index contributed by atoms with van der Waals surface area (Å²) in [6.45, 7) is 4.40. The monoisotopic (exact) mass is 432 g/mol. The first-order chi connectivity index (χ1) is 14.6. The van der Waals surface area contributed by atoms with Crippen LogP contribution in [0.4, 0.5) is 29.3 Å². The Bertz CT molecular complexity index is 986. The second-order valence-electron chi connectivity index (χ2n) is 7.50. The van der Waals surface area contributed by atoms with Crippen molar-refractivity contribution in [3.05, 3.63) is 53.6 Å². The fourth-order valence-electron chi connectivity index (χ4n) is 3.68. The van der Waals surface area contributed by atoms with Crippen molar-refractivity contribution in [1.82, 2.24) is 4.90 Å². The summed E-state index contributed by atoms with van der Waals surface area (Å²) in [7, 11) is 1.56. The number of methoxy groups -OCH3 is 1. The second kappa shape index (κ2) is 8.76. The standard InChI is InChI=1S/C22H23F3N4O2/c1-14-13-29(21(30)27-17-5-8-19(31-3)9-6-17)15(2)12-28(14)18-7-4-16(11-26)20(10-18)22(23,24)25/h4-10,14-15H,12-13H2,1-3H3,(H,27,30)/t14-,15+/m1/s1. The summed E-state index contributed by atoms with van der Waals surface area (Å²) < 4.78 is 45.1. The minimum atomic E-state index is -4.62. The Morgan fingerprint density at radius 2 is 1.81 bits per heavy atom. The van der Waals surface area contributed by atoms with Crippen LogP contribution in [0.15, 0.2) is 42.5 Å². The Hall–Kier alpha value is -3.41. The lowest BCUT2D eigenvalue weighted by atomic mass is 10.0. The Morgan fingerprint density at radius 3 is 2.39 bits per heavy atom. The van der Waals surface area contributed by atoms with Gasteiger partial charge in [0, 0.05) is 36.5 Å². The molecular formula is C22H23F3N4O2. The first kappa shape index (κ1) is 22.3. The molecule has 0 radical (unpaired) electrons. The summed E-state index contributed by atoms with van der Waals surface area (Å²) in [5.41, 5.74) is -0.364. The molecule has 2 aromatic rings. The molecule has 0 saturated carbocycles. The number of anilines is 2. The van der Waals surface area contributed by atoms with E-state index < -0.39 is 17.3 Å². The zero-order chi connectivity index (χ0) is 22.8. The van der Waals surface area contributed by atoms with Crippen LogP contribution in [-0.4, -0.2) is 43.2 Å². The van der Waals surface area contributed by atoms with Crippen molar-refractivity contribution in [3.63, 3.8) is 0 Å². The number of carbonyl (C=O) groups excluding carboxylic acids is 1. The number of piperazine rings is 1. The third-order valence-electron chi connectivity index (χ3n) is 5.35. The summed E-state index contributed by atoms with van der Waals surface area (Å²) in [6.07, 6.45) is -4.62. The average molecular weight is 432 g/mol. The van der Waals surface area contributed by atoms with Crippen LogP contribution in [-0.2, 0) is 6.18 Å². The highest BCUT2D eigenvalue weighted by Crippen LogP contribution is 2.35. The van der Waals surface area contributed by atoms with Crippen molar-refractivity contribution in [2.45, 2.75) is 32.1 Å². The number of alkyl halides is 3. The Labute approximate surface area is 178 Å². The first-order valence-corrected chi connectivity index (χ1v) is 9.73. The highest BCUT2D eigenvalue weighted by molar-refractivity contribution is 5.89. The van der Waals surface area contributed by atoms with Crippen LogP contribution in [0.2, 0.25) is 0 Å². The topological polar surface area (TPSA) is 68.6 Å². The normalized spacial score (nSPS) is 19.0. The van der Waals surface area contributed by atoms with E-state index in [1.54, 1.807) is 42.3 Å². The van der Waals surface area contributed by atoms with Crippen LogP contribution in [0.5, 0.6) is 5.75 Å². The van der Waals surface area contributed by atoms with E-state index in [9.17, 15) is 18.0 Å². The molecule has 1 aliphatic rings. The van der Waals surface area contributed by atoms with Crippen LogP contribution in [0, 0.1) is 11.3 Å². The van der Waals surface area contributed by atoms with Gasteiger partial charge in [0.2, 0.25) is 0 Å². The number of carbonyl (C=O) groups is 1. The van der Waals surface area contributed by atoms with Crippen LogP contribution in [0.1, 0.15) is 25.0 Å². The number of urea groups is 1. The molecule has 31 heavy (non-hydrogen) atoms. The van der Waals surface area contributed by atoms with Gasteiger partial charge in [0.15, 0.2) is 0 Å². The van der Waals surface area contributed by atoms with E-state index in [0.717, 1.165) is 6.07 Å². The SMILES string of the molecule is COc1ccc(NC(=O)N2C[C@@H](C)N(c3ccc(C#N)c(C(F)(F)F)c3)C[C@@H]2C)cc1. The van der Waals surface area contributed by atoms with Gasteiger partial charge in [0.25, 0.3) is 0 Å². The summed E-state index contributed by atoms with van der Waals surface area (Å²) >= 11 is 0. The van der Waals surface area contributed by atoms with Crippen LogP contribution in [0.3, 0.4) is 0 Å². The van der Waals surface area contributed by atoms with Gasteiger partial charge in [-0.1, -0.05) is 0 Å². The molecule has 0 aliphatic carbocycles. The molecule has 2 amide bonds. The average Bonchev–Trinajstić information content (AvgIpc) is 2.74. The fourth-order valence-corrected chi connectivity index (χ4v) is 3.68. The fraction of sp³-hybridized carbons (Fsp3) is 0.364. The van der Waals surface area contributed by atoms with E-state index in [-0.39, 0.29) is 18.1 Å². The first-order valence-electron chi connectivity index (χ1n) is 9.73. The van der Waals surface area contributed by atoms with Gasteiger partial charge in [-0.05, 0) is 56.3 Å². The number of benzene rings is 2. The van der Waals surface area contributed by atoms with Gasteiger partial charge in [-0.2, -0.15) is 18.4 Å². The maximum Gasteiger partial charge on any atom is 0.417 e. The van der Waals surface area contributed by atoms with E-state index in [2.05, 4.69) is 5.32 Å². The number of nitrogens with zero attached hydrogens (tertiary/aromatic N) is 3. The van der Waals surface area contributed by atoms with E-state index in [1.165, 1.54) is 12.1 Å². The van der Waals surface area contributed by atoms with Crippen LogP contribution < -0.4 is 15.0 Å². The minimum Gasteiger partial charge on any atom is -0.497 e. The zero-order valence-electron chi connectivity index (χ0n) is 17.4. The second-order valence-corrected chi connectivity index (χ2v) is 7.50. The Morgan fingerprint density at radius 1 is 1.13 bits per heavy atom. The molecule has 2 aromatic carbocycles. The highest BCUT2D eigenvalue weighted by atomic mass is 19.4. The Balaban J connectivity index is 1.75. The van der Waals surface area contributed by atoms with Crippen molar-refractivity contribution in [2.24, 2.45) is 0 Å². The number of amides is 2. The maximum atomic E-state index is 13.3. The number of hydrogen-bond acceptors (Lipinski definition) is 4. The molecule has 0 unspecified atom stereocenters. The molecule has 3 rings (SSSR count). The maximum absolute atomic E-state index is 13.3. The van der Waals surface area contributed by atoms with Crippen molar-refractivity contribution in [3.8, 4) is 11.8 Å². The van der Waals surface area contributed by atoms with Crippen molar-refractivity contribution in [2.75, 3.05) is 30.4 Å². The minimum absolute atomic E-state index is 0.216. The molecule has 2 atom stereocenters. The molecule has 0 spiro atoms. The highest BCUT2D eigenvalue weighted by Gasteiger charge is 2.36. The predicted octanol–water partition coefficient (Wildman–Crippen LogP) is 4.72. The summed E-state index contributed by atoms with van der Waals surface area (Å²) in [4.78, 5) is 16.3. The van der Waals surface area contributed by atoms with Gasteiger partial charge in [-0.3, -0.25) is 0 Å². The number of halogens is 3. The largest absolute Gasteiger partial charge is 0.497 e. The van der Waals surface area contributed by atoms with Gasteiger partial charge < -0.3 is 19.9 Å². The predicted molar refractivity (Wildman–Crippen MR) is 111 cm³/mol. The van der Waals surface area contributed by atoms with Gasteiger partial charge in [-0.15, -0.1) is 0 Å². The van der Waals surface area contributed by atoms with E-state index in [1.807, 2.05) is 18.7 Å². The lowest BCUT2D eigenvalue weighted by Crippen LogP contribution is -2.59. The molecule has 9 heteroatoms. The van der Waals surface area contributed by atoms with Crippen LogP contribution >= 0.6 is 0 Å². The van der Waals surface area contributed by atoms with Crippen molar-refractivity contribution in [1.29, 1.82) is 5.26 Å². The Kier molecular flexibility index (Phi) is 6.29. The molecule has 164 valence electrons. The molecule has 1 saturated heterocycles. The van der Waals surface area contributed by atoms with Crippen LogP contribution in [0.25, 0.3) is 0 Å². The number of rotatable bonds is 3. The molecule has 6 nitrogen and oxygen atoms in total. The van der Waals surface area contributed by atoms with E-state index in [4.69, 9.17) is 10.00 Å². The summed E-state index contributed by atoms with van der Waals surface area (Å²) in [5.74, 6) is 0.675. The molecule has 1 N–H and O–H groups in total. The smallest absolute Gasteiger partial charge is 0.417 e. The lowest BCUT2D eigenvalue weighted by Gasteiger charge is -2.45. The van der Waals surface area contributed by atoms with Crippen molar-refractivity contribution < 1.29 is 22.7 Å². The van der Waals surface area contributed by atoms with Gasteiger partial charge in [0.05, 0.1) is 24.3 Å². The molecule has 1 aliphatic heterocycles. The molecule has 1 heterocycles. The summed E-state index contributed by atoms with van der Waals surface area (Å²) in [6, 6.07) is 11.5.